The SMILES string of the molecule is CC.CCN(CC)S(=O)c1scc(N/C(=C/OC)C(N)=NCc2ccc(C)o2)c1O. The van der Waals surface area contributed by atoms with Gasteiger partial charge in [-0.1, -0.05) is 27.7 Å². The van der Waals surface area contributed by atoms with Gasteiger partial charge in [0.2, 0.25) is 0 Å². The number of ether oxygens (including phenoxy) is 1. The minimum atomic E-state index is -1.43. The maximum Gasteiger partial charge on any atom is 0.167 e. The van der Waals surface area contributed by atoms with E-state index in [-0.39, 0.29) is 18.1 Å². The number of thiophene rings is 1. The summed E-state index contributed by atoms with van der Waals surface area (Å²) in [6.45, 7) is 11.2. The van der Waals surface area contributed by atoms with Crippen LogP contribution in [0.15, 0.2) is 43.1 Å². The van der Waals surface area contributed by atoms with Crippen molar-refractivity contribution in [2.45, 2.75) is 45.4 Å². The predicted molar refractivity (Wildman–Crippen MR) is 124 cm³/mol. The summed E-state index contributed by atoms with van der Waals surface area (Å²) in [6.07, 6.45) is 1.39. The number of furan rings is 1. The molecule has 0 radical (unpaired) electrons. The zero-order valence-electron chi connectivity index (χ0n) is 18.4. The van der Waals surface area contributed by atoms with Gasteiger partial charge in [-0.25, -0.2) is 8.51 Å². The van der Waals surface area contributed by atoms with Gasteiger partial charge in [-0.2, -0.15) is 0 Å². The Labute approximate surface area is 185 Å². The lowest BCUT2D eigenvalue weighted by atomic mass is 10.3. The molecule has 0 spiro atoms. The number of aryl methyl sites for hydroxylation is 1. The van der Waals surface area contributed by atoms with Gasteiger partial charge in [-0.3, -0.25) is 4.99 Å². The van der Waals surface area contributed by atoms with E-state index in [1.807, 2.05) is 46.8 Å². The molecular formula is C20H32N4O4S2. The van der Waals surface area contributed by atoms with Gasteiger partial charge in [-0.15, -0.1) is 11.3 Å². The minimum absolute atomic E-state index is 0.0771. The number of nitrogens with one attached hydrogen (secondary N) is 1. The van der Waals surface area contributed by atoms with E-state index in [1.54, 1.807) is 9.69 Å². The second-order valence-corrected chi connectivity index (χ2v) is 8.32. The highest BCUT2D eigenvalue weighted by molar-refractivity contribution is 7.85. The van der Waals surface area contributed by atoms with Crippen LogP contribution < -0.4 is 11.1 Å². The van der Waals surface area contributed by atoms with Crippen molar-refractivity contribution in [2.75, 3.05) is 25.5 Å². The van der Waals surface area contributed by atoms with Gasteiger partial charge in [0, 0.05) is 18.5 Å². The van der Waals surface area contributed by atoms with Crippen molar-refractivity contribution in [2.24, 2.45) is 10.7 Å². The molecule has 0 bridgehead atoms. The van der Waals surface area contributed by atoms with Crippen LogP contribution in [-0.2, 0) is 22.3 Å². The summed E-state index contributed by atoms with van der Waals surface area (Å²) < 4.78 is 25.3. The smallest absolute Gasteiger partial charge is 0.167 e. The summed E-state index contributed by atoms with van der Waals surface area (Å²) in [5, 5.41) is 15.2. The fraction of sp³-hybridized carbons (Fsp3) is 0.450. The number of methoxy groups -OCH3 is 1. The highest BCUT2D eigenvalue weighted by Crippen LogP contribution is 2.38. The average molecular weight is 457 g/mol. The number of nitrogens with zero attached hydrogens (tertiary/aromatic N) is 2. The van der Waals surface area contributed by atoms with E-state index >= 15 is 0 Å². The Morgan fingerprint density at radius 1 is 1.40 bits per heavy atom. The van der Waals surface area contributed by atoms with Crippen molar-refractivity contribution in [1.29, 1.82) is 0 Å². The van der Waals surface area contributed by atoms with Gasteiger partial charge >= 0.3 is 0 Å². The number of rotatable bonds is 10. The summed E-state index contributed by atoms with van der Waals surface area (Å²) >= 11 is 1.21. The van der Waals surface area contributed by atoms with Gasteiger partial charge in [0.05, 0.1) is 19.3 Å². The molecule has 2 heterocycles. The molecule has 30 heavy (non-hydrogen) atoms. The second kappa shape index (κ2) is 13.1. The topological polar surface area (TPSA) is 113 Å². The molecule has 0 aliphatic rings. The van der Waals surface area contributed by atoms with E-state index in [4.69, 9.17) is 14.9 Å². The van der Waals surface area contributed by atoms with Gasteiger partial charge in [0.15, 0.2) is 9.96 Å². The van der Waals surface area contributed by atoms with Gasteiger partial charge in [0.25, 0.3) is 0 Å². The first kappa shape index (κ1) is 25.7. The van der Waals surface area contributed by atoms with Crippen molar-refractivity contribution in [1.82, 2.24) is 4.31 Å². The summed E-state index contributed by atoms with van der Waals surface area (Å²) in [5.41, 5.74) is 6.82. The molecule has 2 aromatic heterocycles. The van der Waals surface area contributed by atoms with Crippen molar-refractivity contribution < 1.29 is 18.5 Å². The highest BCUT2D eigenvalue weighted by Gasteiger charge is 2.21. The first-order valence-electron chi connectivity index (χ1n) is 9.74. The van der Waals surface area contributed by atoms with Gasteiger partial charge in [-0.05, 0) is 19.1 Å². The van der Waals surface area contributed by atoms with E-state index in [2.05, 4.69) is 10.3 Å². The van der Waals surface area contributed by atoms with E-state index in [9.17, 15) is 9.32 Å². The van der Waals surface area contributed by atoms with Crippen LogP contribution in [0.3, 0.4) is 0 Å². The molecule has 10 heteroatoms. The quantitative estimate of drug-likeness (QED) is 0.280. The van der Waals surface area contributed by atoms with Gasteiger partial charge < -0.3 is 25.3 Å². The number of hydrogen-bond donors (Lipinski definition) is 3. The molecule has 0 aliphatic heterocycles. The summed E-state index contributed by atoms with van der Waals surface area (Å²) in [5.74, 6) is 1.60. The fourth-order valence-corrected chi connectivity index (χ4v) is 4.74. The number of aliphatic imine (C=N–C) groups is 1. The molecule has 8 nitrogen and oxygen atoms in total. The van der Waals surface area contributed by atoms with Crippen molar-refractivity contribution in [3.8, 4) is 5.75 Å². The first-order valence-corrected chi connectivity index (χ1v) is 11.7. The monoisotopic (exact) mass is 456 g/mol. The van der Waals surface area contributed by atoms with Crippen LogP contribution in [0.1, 0.15) is 39.2 Å². The van der Waals surface area contributed by atoms with Crippen molar-refractivity contribution in [3.63, 3.8) is 0 Å². The summed E-state index contributed by atoms with van der Waals surface area (Å²) in [7, 11) is 0.0553. The molecule has 168 valence electrons. The van der Waals surface area contributed by atoms with Crippen LogP contribution in [0.2, 0.25) is 0 Å². The van der Waals surface area contributed by atoms with Crippen LogP contribution in [0.4, 0.5) is 5.69 Å². The Balaban J connectivity index is 0.00000218. The van der Waals surface area contributed by atoms with E-state index in [0.29, 0.717) is 34.4 Å². The molecule has 4 N–H and O–H groups in total. The molecule has 0 aliphatic carbocycles. The lowest BCUT2D eigenvalue weighted by Crippen LogP contribution is -2.25. The van der Waals surface area contributed by atoms with Crippen molar-refractivity contribution >= 4 is 33.8 Å². The fourth-order valence-electron chi connectivity index (χ4n) is 2.36. The summed E-state index contributed by atoms with van der Waals surface area (Å²) in [4.78, 5) is 4.29. The third-order valence-corrected chi connectivity index (χ3v) is 6.79. The largest absolute Gasteiger partial charge is 0.504 e. The average Bonchev–Trinajstić information content (AvgIpc) is 3.33. The zero-order chi connectivity index (χ0) is 22.7. The maximum absolute atomic E-state index is 12.6. The molecule has 1 atom stereocenters. The lowest BCUT2D eigenvalue weighted by molar-refractivity contribution is 0.336. The third kappa shape index (κ3) is 6.89. The first-order chi connectivity index (χ1) is 14.4. The zero-order valence-corrected chi connectivity index (χ0v) is 20.0. The van der Waals surface area contributed by atoms with Crippen LogP contribution >= 0.6 is 11.3 Å². The Morgan fingerprint density at radius 3 is 2.60 bits per heavy atom. The standard InChI is InChI=1S/C18H26N4O4S2.C2H6/c1-5-22(6-2)28(24)18-16(23)15(11-27-18)21-14(10-25-4)17(19)20-9-13-8-7-12(3)26-13;1-2/h7-8,10-11,21,23H,5-6,9H2,1-4H3,(H2,19,20);1-2H3/b14-10+;. The number of amidine groups is 1. The van der Waals surface area contributed by atoms with E-state index in [1.165, 1.54) is 24.7 Å². The minimum Gasteiger partial charge on any atom is -0.504 e. The number of hydrogen-bond acceptors (Lipinski definition) is 7. The van der Waals surface area contributed by atoms with E-state index in [0.717, 1.165) is 5.76 Å². The predicted octanol–water partition coefficient (Wildman–Crippen LogP) is 4.20. The Morgan fingerprint density at radius 2 is 2.07 bits per heavy atom. The molecule has 1 unspecified atom stereocenters. The van der Waals surface area contributed by atoms with Crippen LogP contribution in [0.25, 0.3) is 0 Å². The van der Waals surface area contributed by atoms with E-state index < -0.39 is 11.0 Å². The van der Waals surface area contributed by atoms with Crippen molar-refractivity contribution in [3.05, 3.63) is 41.0 Å². The van der Waals surface area contributed by atoms with Gasteiger partial charge in [0.1, 0.15) is 40.3 Å². The molecule has 0 aromatic carbocycles. The molecule has 0 saturated heterocycles. The Bertz CT molecular complexity index is 870. The number of anilines is 1. The Hall–Kier alpha value is -2.30. The molecular weight excluding hydrogens is 424 g/mol. The number of aromatic hydroxyl groups is 1. The normalized spacial score (nSPS) is 13.0. The lowest BCUT2D eigenvalue weighted by Gasteiger charge is -2.16. The molecule has 0 fully saturated rings. The summed E-state index contributed by atoms with van der Waals surface area (Å²) in [6, 6.07) is 3.69. The molecule has 0 saturated carbocycles. The molecule has 0 amide bonds. The number of nitrogens with two attached hydrogens (primary N) is 1. The molecule has 2 aromatic rings. The van der Waals surface area contributed by atoms with Crippen LogP contribution in [-0.4, -0.2) is 39.7 Å². The Kier molecular flexibility index (Phi) is 11.2. The van der Waals surface area contributed by atoms with Crippen LogP contribution in [0, 0.1) is 6.92 Å². The maximum atomic E-state index is 12.6. The van der Waals surface area contributed by atoms with Crippen LogP contribution in [0.5, 0.6) is 5.75 Å². The third-order valence-electron chi connectivity index (χ3n) is 3.81. The second-order valence-electron chi connectivity index (χ2n) is 5.75. The molecule has 2 rings (SSSR count). The highest BCUT2D eigenvalue weighted by atomic mass is 32.2.